The van der Waals surface area contributed by atoms with Crippen molar-refractivity contribution in [2.75, 3.05) is 21.2 Å². The zero-order chi connectivity index (χ0) is 26.1. The molecule has 0 heterocycles. The Kier molecular flexibility index (Phi) is 9.02. The third kappa shape index (κ3) is 7.23. The van der Waals surface area contributed by atoms with Crippen molar-refractivity contribution in [2.45, 2.75) is 50.3 Å². The van der Waals surface area contributed by atoms with E-state index in [2.05, 4.69) is 54.6 Å². The van der Waals surface area contributed by atoms with Crippen LogP contribution in [0.3, 0.4) is 0 Å². The molecule has 3 aromatic rings. The van der Waals surface area contributed by atoms with Crippen LogP contribution in [0.4, 0.5) is 0 Å². The van der Waals surface area contributed by atoms with Gasteiger partial charge in [0.05, 0.1) is 7.11 Å². The van der Waals surface area contributed by atoms with Gasteiger partial charge in [-0.05, 0) is 81.1 Å². The van der Waals surface area contributed by atoms with E-state index in [-0.39, 0.29) is 17.5 Å². The number of likely N-dealkylation sites (N-methyl/N-ethyl adjacent to an activating group) is 1. The number of rotatable bonds is 10. The van der Waals surface area contributed by atoms with Crippen molar-refractivity contribution in [3.8, 4) is 11.5 Å². The van der Waals surface area contributed by atoms with E-state index in [1.165, 1.54) is 5.56 Å². The molecular weight excluding hydrogens is 460 g/mol. The maximum atomic E-state index is 12.7. The molecule has 0 atom stereocenters. The predicted molar refractivity (Wildman–Crippen MR) is 150 cm³/mol. The summed E-state index contributed by atoms with van der Waals surface area (Å²) < 4.78 is 11.5. The molecule has 0 saturated heterocycles. The molecule has 0 radical (unpaired) electrons. The van der Waals surface area contributed by atoms with Crippen LogP contribution >= 0.6 is 0 Å². The molecule has 37 heavy (non-hydrogen) atoms. The number of nitrogens with zero attached hydrogens (tertiary/aromatic N) is 1. The molecule has 1 amide bonds. The first kappa shape index (κ1) is 26.5. The van der Waals surface area contributed by atoms with Crippen molar-refractivity contribution in [1.82, 2.24) is 10.2 Å². The highest BCUT2D eigenvalue weighted by Crippen LogP contribution is 2.35. The Balaban J connectivity index is 1.30. The minimum atomic E-state index is -0.0613. The van der Waals surface area contributed by atoms with Crippen molar-refractivity contribution in [3.05, 3.63) is 102 Å². The lowest BCUT2D eigenvalue weighted by Gasteiger charge is -2.45. The minimum Gasteiger partial charge on any atom is -0.493 e. The number of hydrogen-bond donors (Lipinski definition) is 1. The van der Waals surface area contributed by atoms with Gasteiger partial charge in [-0.3, -0.25) is 4.79 Å². The van der Waals surface area contributed by atoms with Gasteiger partial charge < -0.3 is 19.7 Å². The summed E-state index contributed by atoms with van der Waals surface area (Å²) >= 11 is 0. The maximum Gasteiger partial charge on any atom is 0.244 e. The van der Waals surface area contributed by atoms with Gasteiger partial charge in [0.2, 0.25) is 5.91 Å². The van der Waals surface area contributed by atoms with E-state index in [4.69, 9.17) is 9.47 Å². The van der Waals surface area contributed by atoms with E-state index < -0.39 is 0 Å². The number of nitrogens with one attached hydrogen (secondary N) is 1. The van der Waals surface area contributed by atoms with Crippen molar-refractivity contribution >= 4 is 12.0 Å². The van der Waals surface area contributed by atoms with Crippen LogP contribution in [-0.2, 0) is 17.8 Å². The molecule has 0 unspecified atom stereocenters. The second-order valence-electron chi connectivity index (χ2n) is 10.1. The zero-order valence-electron chi connectivity index (χ0n) is 22.2. The lowest BCUT2D eigenvalue weighted by molar-refractivity contribution is -0.117. The van der Waals surface area contributed by atoms with Gasteiger partial charge in [0, 0.05) is 17.7 Å². The Labute approximate surface area is 221 Å². The summed E-state index contributed by atoms with van der Waals surface area (Å²) in [5.74, 6) is 1.26. The van der Waals surface area contributed by atoms with Gasteiger partial charge in [-0.1, -0.05) is 66.7 Å². The maximum absolute atomic E-state index is 12.7. The third-order valence-corrected chi connectivity index (χ3v) is 7.44. The van der Waals surface area contributed by atoms with Gasteiger partial charge in [-0.2, -0.15) is 0 Å². The van der Waals surface area contributed by atoms with E-state index in [9.17, 15) is 4.79 Å². The predicted octanol–water partition coefficient (Wildman–Crippen LogP) is 5.89. The Hall–Kier alpha value is -3.57. The molecule has 4 rings (SSSR count). The molecule has 194 valence electrons. The van der Waals surface area contributed by atoms with Gasteiger partial charge in [0.15, 0.2) is 11.5 Å². The molecular formula is C32H38N2O3. The largest absolute Gasteiger partial charge is 0.493 e. The van der Waals surface area contributed by atoms with Crippen LogP contribution in [0, 0.1) is 0 Å². The summed E-state index contributed by atoms with van der Waals surface area (Å²) in [6, 6.07) is 26.6. The summed E-state index contributed by atoms with van der Waals surface area (Å²) in [6.07, 6.45) is 8.54. The molecule has 3 aromatic carbocycles. The van der Waals surface area contributed by atoms with Crippen LogP contribution in [-0.4, -0.2) is 43.6 Å². The van der Waals surface area contributed by atoms with E-state index in [0.717, 1.165) is 43.2 Å². The van der Waals surface area contributed by atoms with Crippen LogP contribution in [0.1, 0.15) is 42.4 Å². The molecule has 1 fully saturated rings. The summed E-state index contributed by atoms with van der Waals surface area (Å²) in [5, 5.41) is 3.21. The molecule has 1 saturated carbocycles. The monoisotopic (exact) mass is 498 g/mol. The fourth-order valence-electron chi connectivity index (χ4n) is 5.12. The van der Waals surface area contributed by atoms with Crippen molar-refractivity contribution in [3.63, 3.8) is 0 Å². The second-order valence-corrected chi connectivity index (χ2v) is 10.1. The van der Waals surface area contributed by atoms with Gasteiger partial charge in [-0.15, -0.1) is 0 Å². The highest BCUT2D eigenvalue weighted by atomic mass is 16.5. The summed E-state index contributed by atoms with van der Waals surface area (Å²) in [7, 11) is 5.98. The van der Waals surface area contributed by atoms with Crippen LogP contribution in [0.15, 0.2) is 84.9 Å². The quantitative estimate of drug-likeness (QED) is 0.354. The van der Waals surface area contributed by atoms with Crippen LogP contribution in [0.2, 0.25) is 0 Å². The number of ether oxygens (including phenoxy) is 2. The van der Waals surface area contributed by atoms with E-state index in [1.54, 1.807) is 13.2 Å². The first-order valence-electron chi connectivity index (χ1n) is 13.0. The molecule has 5 heteroatoms. The average Bonchev–Trinajstić information content (AvgIpc) is 2.93. The molecule has 0 bridgehead atoms. The van der Waals surface area contributed by atoms with Crippen LogP contribution < -0.4 is 14.8 Å². The average molecular weight is 499 g/mol. The highest BCUT2D eigenvalue weighted by Gasteiger charge is 2.37. The first-order valence-corrected chi connectivity index (χ1v) is 13.0. The lowest BCUT2D eigenvalue weighted by atomic mass is 9.75. The second kappa shape index (κ2) is 12.6. The van der Waals surface area contributed by atoms with Crippen molar-refractivity contribution < 1.29 is 14.3 Å². The standard InChI is InChI=1S/C32H38N2O3/c1-34(2)32(23-26-10-6-4-7-11-26)20-18-28(19-21-32)33-31(35)17-15-25-14-16-29(30(22-25)36-3)37-24-27-12-8-5-9-13-27/h4-17,22,28H,18-21,23-24H2,1-3H3,(H,33,35)/b17-15-. The highest BCUT2D eigenvalue weighted by molar-refractivity contribution is 5.92. The van der Waals surface area contributed by atoms with Crippen LogP contribution in [0.5, 0.6) is 11.5 Å². The Bertz CT molecular complexity index is 1170. The normalized spacial score (nSPS) is 19.6. The topological polar surface area (TPSA) is 50.8 Å². The van der Waals surface area contributed by atoms with E-state index in [0.29, 0.717) is 18.1 Å². The molecule has 0 aromatic heterocycles. The Morgan fingerprint density at radius 2 is 1.59 bits per heavy atom. The van der Waals surface area contributed by atoms with Gasteiger partial charge in [0.1, 0.15) is 6.61 Å². The number of carbonyl (C=O) groups excluding carboxylic acids is 1. The zero-order valence-corrected chi connectivity index (χ0v) is 22.2. The van der Waals surface area contributed by atoms with Gasteiger partial charge in [-0.25, -0.2) is 0 Å². The number of benzene rings is 3. The summed E-state index contributed by atoms with van der Waals surface area (Å²) in [4.78, 5) is 15.1. The SMILES string of the molecule is COc1cc(/C=C\C(=O)NC2CCC(Cc3ccccc3)(N(C)C)CC2)ccc1OCc1ccccc1. The van der Waals surface area contributed by atoms with Crippen molar-refractivity contribution in [1.29, 1.82) is 0 Å². The first-order chi connectivity index (χ1) is 18.0. The smallest absolute Gasteiger partial charge is 0.244 e. The molecule has 0 spiro atoms. The number of amides is 1. The number of hydrogen-bond acceptors (Lipinski definition) is 4. The molecule has 1 aliphatic rings. The van der Waals surface area contributed by atoms with Gasteiger partial charge >= 0.3 is 0 Å². The number of carbonyl (C=O) groups is 1. The fraction of sp³-hybridized carbons (Fsp3) is 0.344. The van der Waals surface area contributed by atoms with Gasteiger partial charge in [0.25, 0.3) is 0 Å². The van der Waals surface area contributed by atoms with Crippen molar-refractivity contribution in [2.24, 2.45) is 0 Å². The lowest BCUT2D eigenvalue weighted by Crippen LogP contribution is -2.51. The van der Waals surface area contributed by atoms with E-state index >= 15 is 0 Å². The molecule has 0 aliphatic heterocycles. The van der Waals surface area contributed by atoms with Crippen LogP contribution in [0.25, 0.3) is 6.08 Å². The third-order valence-electron chi connectivity index (χ3n) is 7.44. The minimum absolute atomic E-state index is 0.0613. The molecule has 1 aliphatic carbocycles. The Morgan fingerprint density at radius 1 is 0.946 bits per heavy atom. The molecule has 1 N–H and O–H groups in total. The molecule has 5 nitrogen and oxygen atoms in total. The van der Waals surface area contributed by atoms with E-state index in [1.807, 2.05) is 54.6 Å². The fourth-order valence-corrected chi connectivity index (χ4v) is 5.12. The Morgan fingerprint density at radius 3 is 2.22 bits per heavy atom. The number of methoxy groups -OCH3 is 1. The summed E-state index contributed by atoms with van der Waals surface area (Å²) in [6.45, 7) is 0.469. The summed E-state index contributed by atoms with van der Waals surface area (Å²) in [5.41, 5.74) is 3.49.